The van der Waals surface area contributed by atoms with Crippen LogP contribution in [0.25, 0.3) is 0 Å². The molecule has 0 aromatic rings. The number of rotatable bonds is 8. The largest absolute Gasteiger partial charge is 0.385 e. The van der Waals surface area contributed by atoms with Crippen LogP contribution in [0.1, 0.15) is 32.1 Å². The topological polar surface area (TPSA) is 26.3 Å². The zero-order chi connectivity index (χ0) is 9.23. The van der Waals surface area contributed by atoms with Crippen molar-refractivity contribution in [3.05, 3.63) is 12.7 Å². The Labute approximate surface area is 74.6 Å². The minimum absolute atomic E-state index is 0.342. The first-order chi connectivity index (χ1) is 5.81. The molecule has 0 amide bonds. The van der Waals surface area contributed by atoms with Gasteiger partial charge in [0.1, 0.15) is 5.78 Å². The van der Waals surface area contributed by atoms with Gasteiger partial charge < -0.3 is 4.74 Å². The first kappa shape index (κ1) is 11.4. The smallest absolute Gasteiger partial charge is 0.133 e. The lowest BCUT2D eigenvalue weighted by Crippen LogP contribution is -1.99. The fraction of sp³-hybridized carbons (Fsp3) is 0.700. The van der Waals surface area contributed by atoms with E-state index in [1.807, 2.05) is 6.08 Å². The maximum Gasteiger partial charge on any atom is 0.133 e. The van der Waals surface area contributed by atoms with E-state index in [1.165, 1.54) is 0 Å². The van der Waals surface area contributed by atoms with Gasteiger partial charge in [-0.1, -0.05) is 6.08 Å². The Kier molecular flexibility index (Phi) is 8.02. The third-order valence-electron chi connectivity index (χ3n) is 1.67. The van der Waals surface area contributed by atoms with E-state index in [-0.39, 0.29) is 0 Å². The zero-order valence-electron chi connectivity index (χ0n) is 7.84. The quantitative estimate of drug-likeness (QED) is 0.413. The summed E-state index contributed by atoms with van der Waals surface area (Å²) in [5.41, 5.74) is 0. The van der Waals surface area contributed by atoms with E-state index in [0.29, 0.717) is 25.2 Å². The molecule has 0 aliphatic rings. The minimum atomic E-state index is 0.342. The Morgan fingerprint density at radius 2 is 2.08 bits per heavy atom. The Morgan fingerprint density at radius 3 is 2.67 bits per heavy atom. The predicted octanol–water partition coefficient (Wildman–Crippen LogP) is 2.34. The highest BCUT2D eigenvalue weighted by Crippen LogP contribution is 2.01. The van der Waals surface area contributed by atoms with Gasteiger partial charge in [-0.2, -0.15) is 0 Å². The Bertz CT molecular complexity index is 130. The zero-order valence-corrected chi connectivity index (χ0v) is 7.84. The fourth-order valence-electron chi connectivity index (χ4n) is 0.982. The summed E-state index contributed by atoms with van der Waals surface area (Å²) in [4.78, 5) is 11.1. The van der Waals surface area contributed by atoms with E-state index in [1.54, 1.807) is 7.11 Å². The number of allylic oxidation sites excluding steroid dienone is 1. The average molecular weight is 170 g/mol. The Hall–Kier alpha value is -0.630. The average Bonchev–Trinajstić information content (AvgIpc) is 2.06. The van der Waals surface area contributed by atoms with Crippen LogP contribution in [0.5, 0.6) is 0 Å². The van der Waals surface area contributed by atoms with Crippen LogP contribution in [0.15, 0.2) is 12.7 Å². The van der Waals surface area contributed by atoms with E-state index in [4.69, 9.17) is 4.74 Å². The summed E-state index contributed by atoms with van der Waals surface area (Å²) >= 11 is 0. The van der Waals surface area contributed by atoms with E-state index in [2.05, 4.69) is 6.58 Å². The Morgan fingerprint density at radius 1 is 1.42 bits per heavy atom. The molecule has 0 N–H and O–H groups in total. The molecule has 0 radical (unpaired) electrons. The number of unbranched alkanes of at least 4 members (excludes halogenated alkanes) is 1. The van der Waals surface area contributed by atoms with Crippen molar-refractivity contribution in [1.29, 1.82) is 0 Å². The highest BCUT2D eigenvalue weighted by atomic mass is 16.5. The SMILES string of the molecule is C=CCCCC(=O)CCCOC. The molecule has 0 aliphatic carbocycles. The summed E-state index contributed by atoms with van der Waals surface area (Å²) in [7, 11) is 1.65. The molecule has 0 heterocycles. The van der Waals surface area contributed by atoms with Crippen molar-refractivity contribution >= 4 is 5.78 Å². The second-order valence-electron chi connectivity index (χ2n) is 2.82. The van der Waals surface area contributed by atoms with Crippen LogP contribution in [0.2, 0.25) is 0 Å². The number of carbonyl (C=O) groups is 1. The van der Waals surface area contributed by atoms with Crippen molar-refractivity contribution in [2.75, 3.05) is 13.7 Å². The lowest BCUT2D eigenvalue weighted by atomic mass is 10.1. The first-order valence-electron chi connectivity index (χ1n) is 4.42. The molecule has 0 atom stereocenters. The van der Waals surface area contributed by atoms with E-state index >= 15 is 0 Å². The monoisotopic (exact) mass is 170 g/mol. The number of hydrogen-bond acceptors (Lipinski definition) is 2. The molecular weight excluding hydrogens is 152 g/mol. The van der Waals surface area contributed by atoms with Crippen LogP contribution in [-0.4, -0.2) is 19.5 Å². The maximum atomic E-state index is 11.1. The molecule has 0 saturated carbocycles. The molecule has 0 aliphatic heterocycles. The summed E-state index contributed by atoms with van der Waals surface area (Å²) < 4.78 is 4.85. The van der Waals surface area contributed by atoms with Crippen molar-refractivity contribution in [3.63, 3.8) is 0 Å². The van der Waals surface area contributed by atoms with Crippen molar-refractivity contribution in [2.24, 2.45) is 0 Å². The van der Waals surface area contributed by atoms with E-state index in [9.17, 15) is 4.79 Å². The number of carbonyl (C=O) groups excluding carboxylic acids is 1. The van der Waals surface area contributed by atoms with Crippen LogP contribution in [-0.2, 0) is 9.53 Å². The van der Waals surface area contributed by atoms with Gasteiger partial charge in [0.2, 0.25) is 0 Å². The summed E-state index contributed by atoms with van der Waals surface area (Å²) in [6.07, 6.45) is 5.93. The normalized spacial score (nSPS) is 9.75. The van der Waals surface area contributed by atoms with Gasteiger partial charge in [-0.15, -0.1) is 6.58 Å². The molecule has 0 aromatic heterocycles. The molecular formula is C10H18O2. The molecule has 0 rings (SSSR count). The second kappa shape index (κ2) is 8.47. The summed E-state index contributed by atoms with van der Waals surface area (Å²) in [5.74, 6) is 0.342. The highest BCUT2D eigenvalue weighted by molar-refractivity contribution is 5.78. The maximum absolute atomic E-state index is 11.1. The van der Waals surface area contributed by atoms with Crippen LogP contribution in [0.3, 0.4) is 0 Å². The molecule has 0 saturated heterocycles. The van der Waals surface area contributed by atoms with E-state index < -0.39 is 0 Å². The van der Waals surface area contributed by atoms with Gasteiger partial charge in [0.25, 0.3) is 0 Å². The van der Waals surface area contributed by atoms with Gasteiger partial charge >= 0.3 is 0 Å². The number of ether oxygens (including phenoxy) is 1. The van der Waals surface area contributed by atoms with Crippen molar-refractivity contribution in [3.8, 4) is 0 Å². The molecule has 2 heteroatoms. The highest BCUT2D eigenvalue weighted by Gasteiger charge is 1.99. The molecule has 0 bridgehead atoms. The fourth-order valence-corrected chi connectivity index (χ4v) is 0.982. The third kappa shape index (κ3) is 7.48. The molecule has 0 unspecified atom stereocenters. The molecule has 2 nitrogen and oxygen atoms in total. The molecule has 0 fully saturated rings. The van der Waals surface area contributed by atoms with Crippen LogP contribution in [0.4, 0.5) is 0 Å². The van der Waals surface area contributed by atoms with Gasteiger partial charge in [-0.25, -0.2) is 0 Å². The number of Topliss-reactive ketones (excluding diaryl/α,β-unsaturated/α-hetero) is 1. The molecule has 70 valence electrons. The number of hydrogen-bond donors (Lipinski definition) is 0. The lowest BCUT2D eigenvalue weighted by molar-refractivity contribution is -0.119. The summed E-state index contributed by atoms with van der Waals surface area (Å²) in [6.45, 7) is 4.29. The van der Waals surface area contributed by atoms with Crippen LogP contribution < -0.4 is 0 Å². The van der Waals surface area contributed by atoms with Crippen molar-refractivity contribution in [1.82, 2.24) is 0 Å². The second-order valence-corrected chi connectivity index (χ2v) is 2.82. The third-order valence-corrected chi connectivity index (χ3v) is 1.67. The number of methoxy groups -OCH3 is 1. The van der Waals surface area contributed by atoms with Crippen molar-refractivity contribution in [2.45, 2.75) is 32.1 Å². The predicted molar refractivity (Wildman–Crippen MR) is 50.2 cm³/mol. The Balaban J connectivity index is 3.15. The van der Waals surface area contributed by atoms with Gasteiger partial charge in [0.15, 0.2) is 0 Å². The van der Waals surface area contributed by atoms with Gasteiger partial charge in [0, 0.05) is 26.6 Å². The van der Waals surface area contributed by atoms with Crippen LogP contribution in [0, 0.1) is 0 Å². The molecule has 12 heavy (non-hydrogen) atoms. The van der Waals surface area contributed by atoms with Gasteiger partial charge in [-0.05, 0) is 19.3 Å². The molecule has 0 aromatic carbocycles. The first-order valence-corrected chi connectivity index (χ1v) is 4.42. The lowest BCUT2D eigenvalue weighted by Gasteiger charge is -1.98. The van der Waals surface area contributed by atoms with Gasteiger partial charge in [-0.3, -0.25) is 4.79 Å². The standard InChI is InChI=1S/C10H18O2/c1-3-4-5-7-10(11)8-6-9-12-2/h3H,1,4-9H2,2H3. The van der Waals surface area contributed by atoms with Crippen LogP contribution >= 0.6 is 0 Å². The summed E-state index contributed by atoms with van der Waals surface area (Å²) in [5, 5.41) is 0. The van der Waals surface area contributed by atoms with E-state index in [0.717, 1.165) is 19.3 Å². The minimum Gasteiger partial charge on any atom is -0.385 e. The summed E-state index contributed by atoms with van der Waals surface area (Å²) in [6, 6.07) is 0. The van der Waals surface area contributed by atoms with Crippen molar-refractivity contribution < 1.29 is 9.53 Å². The number of ketones is 1. The van der Waals surface area contributed by atoms with Gasteiger partial charge in [0.05, 0.1) is 0 Å². The molecule has 0 spiro atoms.